The normalized spacial score (nSPS) is 11.6. The molecule has 0 spiro atoms. The number of non-ortho nitro benzene ring substituents is 1. The first-order chi connectivity index (χ1) is 14.4. The topological polar surface area (TPSA) is 148 Å². The van der Waals surface area contributed by atoms with Gasteiger partial charge in [-0.05, 0) is 36.4 Å². The number of hydrogen-bond donors (Lipinski definition) is 3. The van der Waals surface area contributed by atoms with Gasteiger partial charge in [0, 0.05) is 41.9 Å². The first-order valence-corrected chi connectivity index (χ1v) is 10.8. The lowest BCUT2D eigenvalue weighted by atomic mass is 9.95. The number of nitro groups is 1. The van der Waals surface area contributed by atoms with Gasteiger partial charge in [-0.3, -0.25) is 19.7 Å². The van der Waals surface area contributed by atoms with Crippen molar-refractivity contribution in [3.05, 3.63) is 64.2 Å². The molecule has 0 aliphatic heterocycles. The molecule has 0 aromatic heterocycles. The third-order valence-electron chi connectivity index (χ3n) is 4.15. The molecular formula is C20H24N4O6S. The molecule has 10 nitrogen and oxygen atoms in total. The maximum Gasteiger partial charge on any atom is 0.269 e. The average Bonchev–Trinajstić information content (AvgIpc) is 2.71. The van der Waals surface area contributed by atoms with Crippen molar-refractivity contribution in [2.24, 2.45) is 5.41 Å². The zero-order valence-corrected chi connectivity index (χ0v) is 18.2. The number of benzene rings is 2. The molecule has 166 valence electrons. The van der Waals surface area contributed by atoms with Crippen molar-refractivity contribution in [1.29, 1.82) is 0 Å². The van der Waals surface area contributed by atoms with Crippen LogP contribution in [0.25, 0.3) is 0 Å². The first kappa shape index (κ1) is 24.0. The van der Waals surface area contributed by atoms with Gasteiger partial charge in [-0.1, -0.05) is 20.8 Å². The van der Waals surface area contributed by atoms with E-state index < -0.39 is 26.3 Å². The Kier molecular flexibility index (Phi) is 7.47. The molecule has 0 aliphatic carbocycles. The van der Waals surface area contributed by atoms with Gasteiger partial charge < -0.3 is 10.6 Å². The Bertz CT molecular complexity index is 1060. The summed E-state index contributed by atoms with van der Waals surface area (Å²) in [5, 5.41) is 16.0. The Hall–Kier alpha value is -3.31. The minimum Gasteiger partial charge on any atom is -0.351 e. The van der Waals surface area contributed by atoms with Crippen LogP contribution >= 0.6 is 0 Å². The van der Waals surface area contributed by atoms with Crippen molar-refractivity contribution in [1.82, 2.24) is 10.0 Å². The monoisotopic (exact) mass is 448 g/mol. The van der Waals surface area contributed by atoms with Crippen LogP contribution in [0.5, 0.6) is 0 Å². The zero-order chi connectivity index (χ0) is 23.2. The molecule has 0 aliphatic rings. The van der Waals surface area contributed by atoms with Crippen LogP contribution in [-0.4, -0.2) is 38.2 Å². The number of sulfonamides is 1. The summed E-state index contributed by atoms with van der Waals surface area (Å²) in [5.41, 5.74) is 0.159. The van der Waals surface area contributed by atoms with Crippen LogP contribution in [0, 0.1) is 15.5 Å². The van der Waals surface area contributed by atoms with Gasteiger partial charge in [0.15, 0.2) is 0 Å². The number of amides is 2. The van der Waals surface area contributed by atoms with Crippen LogP contribution in [-0.2, 0) is 14.8 Å². The van der Waals surface area contributed by atoms with E-state index in [-0.39, 0.29) is 29.6 Å². The van der Waals surface area contributed by atoms with Crippen molar-refractivity contribution in [2.45, 2.75) is 25.7 Å². The van der Waals surface area contributed by atoms with E-state index in [0.717, 1.165) is 24.3 Å². The molecular weight excluding hydrogens is 424 g/mol. The fraction of sp³-hybridized carbons (Fsp3) is 0.300. The molecule has 11 heteroatoms. The average molecular weight is 449 g/mol. The number of carbonyl (C=O) groups is 2. The lowest BCUT2D eigenvalue weighted by Gasteiger charge is -2.17. The highest BCUT2D eigenvalue weighted by molar-refractivity contribution is 7.89. The third-order valence-corrected chi connectivity index (χ3v) is 5.62. The fourth-order valence-electron chi connectivity index (χ4n) is 2.32. The number of anilines is 1. The molecule has 0 heterocycles. The molecule has 3 N–H and O–H groups in total. The maximum absolute atomic E-state index is 12.2. The van der Waals surface area contributed by atoms with Crippen molar-refractivity contribution in [3.63, 3.8) is 0 Å². The van der Waals surface area contributed by atoms with Crippen molar-refractivity contribution in [2.75, 3.05) is 18.4 Å². The van der Waals surface area contributed by atoms with E-state index >= 15 is 0 Å². The van der Waals surface area contributed by atoms with Gasteiger partial charge in [0.25, 0.3) is 11.6 Å². The Morgan fingerprint density at radius 1 is 0.968 bits per heavy atom. The highest BCUT2D eigenvalue weighted by Gasteiger charge is 2.21. The quantitative estimate of drug-likeness (QED) is 0.321. The number of nitrogens with zero attached hydrogens (tertiary/aromatic N) is 1. The van der Waals surface area contributed by atoms with Gasteiger partial charge in [0.05, 0.1) is 9.82 Å². The van der Waals surface area contributed by atoms with Crippen LogP contribution in [0.2, 0.25) is 0 Å². The molecule has 2 amide bonds. The predicted molar refractivity (Wildman–Crippen MR) is 115 cm³/mol. The summed E-state index contributed by atoms with van der Waals surface area (Å²) in [6.45, 7) is 5.35. The van der Waals surface area contributed by atoms with Crippen LogP contribution in [0.3, 0.4) is 0 Å². The SMILES string of the molecule is CC(C)(C)C(=O)Nc1ccc(C(=O)NCCNS(=O)(=O)c2ccc([N+](=O)[O-])cc2)cc1. The summed E-state index contributed by atoms with van der Waals surface area (Å²) in [7, 11) is -3.86. The number of rotatable bonds is 8. The Morgan fingerprint density at radius 2 is 1.55 bits per heavy atom. The molecule has 2 rings (SSSR count). The molecule has 2 aromatic carbocycles. The van der Waals surface area contributed by atoms with Gasteiger partial charge in [0.1, 0.15) is 0 Å². The van der Waals surface area contributed by atoms with E-state index in [1.54, 1.807) is 45.0 Å². The molecule has 0 unspecified atom stereocenters. The van der Waals surface area contributed by atoms with Crippen LogP contribution in [0.4, 0.5) is 11.4 Å². The van der Waals surface area contributed by atoms with Gasteiger partial charge >= 0.3 is 0 Å². The molecule has 0 atom stereocenters. The minimum absolute atomic E-state index is 0.0353. The molecule has 0 radical (unpaired) electrons. The standard InChI is InChI=1S/C20H24N4O6S/c1-20(2,3)19(26)23-15-6-4-14(5-7-15)18(25)21-12-13-22-31(29,30)17-10-8-16(9-11-17)24(27)28/h4-11,22H,12-13H2,1-3H3,(H,21,25)(H,23,26). The van der Waals surface area contributed by atoms with Gasteiger partial charge in [-0.25, -0.2) is 13.1 Å². The summed E-state index contributed by atoms with van der Waals surface area (Å²) in [6, 6.07) is 10.8. The lowest BCUT2D eigenvalue weighted by molar-refractivity contribution is -0.384. The summed E-state index contributed by atoms with van der Waals surface area (Å²) in [6.07, 6.45) is 0. The molecule has 0 saturated heterocycles. The number of nitro benzene ring substituents is 1. The van der Waals surface area contributed by atoms with E-state index in [1.807, 2.05) is 0 Å². The Balaban J connectivity index is 1.84. The highest BCUT2D eigenvalue weighted by atomic mass is 32.2. The van der Waals surface area contributed by atoms with Gasteiger partial charge in [-0.2, -0.15) is 0 Å². The van der Waals surface area contributed by atoms with Crippen molar-refractivity contribution in [3.8, 4) is 0 Å². The smallest absolute Gasteiger partial charge is 0.269 e. The van der Waals surface area contributed by atoms with E-state index in [4.69, 9.17) is 0 Å². The molecule has 0 bridgehead atoms. The fourth-order valence-corrected chi connectivity index (χ4v) is 3.35. The molecule has 2 aromatic rings. The van der Waals surface area contributed by atoms with Crippen molar-refractivity contribution < 1.29 is 22.9 Å². The second-order valence-electron chi connectivity index (χ2n) is 7.69. The third kappa shape index (κ3) is 6.86. The lowest BCUT2D eigenvalue weighted by Crippen LogP contribution is -2.34. The van der Waals surface area contributed by atoms with E-state index in [9.17, 15) is 28.1 Å². The predicted octanol–water partition coefficient (Wildman–Crippen LogP) is 2.29. The summed E-state index contributed by atoms with van der Waals surface area (Å²) in [4.78, 5) is 34.1. The van der Waals surface area contributed by atoms with Crippen LogP contribution in [0.1, 0.15) is 31.1 Å². The number of carbonyl (C=O) groups excluding carboxylic acids is 2. The zero-order valence-electron chi connectivity index (χ0n) is 17.3. The number of hydrogen-bond acceptors (Lipinski definition) is 6. The van der Waals surface area contributed by atoms with Crippen LogP contribution < -0.4 is 15.4 Å². The summed E-state index contributed by atoms with van der Waals surface area (Å²) in [5.74, 6) is -0.548. The van der Waals surface area contributed by atoms with Crippen molar-refractivity contribution >= 4 is 33.2 Å². The second-order valence-corrected chi connectivity index (χ2v) is 9.45. The summed E-state index contributed by atoms with van der Waals surface area (Å²) < 4.78 is 26.7. The van der Waals surface area contributed by atoms with E-state index in [1.165, 1.54) is 0 Å². The first-order valence-electron chi connectivity index (χ1n) is 9.34. The minimum atomic E-state index is -3.86. The van der Waals surface area contributed by atoms with Gasteiger partial charge in [-0.15, -0.1) is 0 Å². The summed E-state index contributed by atoms with van der Waals surface area (Å²) >= 11 is 0. The maximum atomic E-state index is 12.2. The van der Waals surface area contributed by atoms with E-state index in [0.29, 0.717) is 11.3 Å². The highest BCUT2D eigenvalue weighted by Crippen LogP contribution is 2.18. The Labute approximate surface area is 180 Å². The molecule has 31 heavy (non-hydrogen) atoms. The van der Waals surface area contributed by atoms with E-state index in [2.05, 4.69) is 15.4 Å². The van der Waals surface area contributed by atoms with Crippen LogP contribution in [0.15, 0.2) is 53.4 Å². The Morgan fingerprint density at radius 3 is 2.06 bits per heavy atom. The largest absolute Gasteiger partial charge is 0.351 e. The van der Waals surface area contributed by atoms with Gasteiger partial charge in [0.2, 0.25) is 15.9 Å². The molecule has 0 saturated carbocycles. The second kappa shape index (κ2) is 9.67. The number of nitrogens with one attached hydrogen (secondary N) is 3. The molecule has 0 fully saturated rings.